The third-order valence-corrected chi connectivity index (χ3v) is 9.54. The van der Waals surface area contributed by atoms with Crippen LogP contribution >= 0.6 is 0 Å². The van der Waals surface area contributed by atoms with E-state index in [4.69, 9.17) is 0 Å². The fourth-order valence-corrected chi connectivity index (χ4v) is 7.30. The molecule has 280 valence electrons. The normalized spacial score (nSPS) is 16.3. The van der Waals surface area contributed by atoms with Crippen molar-refractivity contribution in [1.29, 1.82) is 0 Å². The van der Waals surface area contributed by atoms with Crippen LogP contribution in [0.1, 0.15) is 119 Å². The number of carbonyl (C=O) groups is 4. The minimum absolute atomic E-state index is 0. The van der Waals surface area contributed by atoms with E-state index >= 15 is 0 Å². The van der Waals surface area contributed by atoms with Crippen molar-refractivity contribution in [2.75, 3.05) is 39.4 Å². The maximum absolute atomic E-state index is 11.7. The number of aliphatic hydroxyl groups is 2. The number of unbranched alkanes of at least 4 members (excludes halogenated alkanes) is 6. The Balaban J connectivity index is -0.000000846. The van der Waals surface area contributed by atoms with Crippen LogP contribution in [0.3, 0.4) is 0 Å². The SMILES string of the molecule is C/C=C/CCCCC[N+](CCO)(C(CC)C(=O)[O-])C(CC)C(=O)O.C/C=C/CCCCC[N+](CCO)(C(CC)C(=O)[O-])C(CC)C(=O)O.[Ca+2]. The molecule has 0 aromatic heterocycles. The Morgan fingerprint density at radius 2 is 0.857 bits per heavy atom. The van der Waals surface area contributed by atoms with Gasteiger partial charge in [-0.25, -0.2) is 9.59 Å². The van der Waals surface area contributed by atoms with Crippen molar-refractivity contribution in [3.63, 3.8) is 0 Å². The van der Waals surface area contributed by atoms with Gasteiger partial charge in [0.15, 0.2) is 12.1 Å². The zero-order chi connectivity index (χ0) is 37.2. The minimum atomic E-state index is -1.24. The summed E-state index contributed by atoms with van der Waals surface area (Å²) in [4.78, 5) is 46.8. The van der Waals surface area contributed by atoms with Crippen molar-refractivity contribution < 1.29 is 58.8 Å². The summed E-state index contributed by atoms with van der Waals surface area (Å²) in [5.41, 5.74) is 0. The monoisotopic (exact) mass is 726 g/mol. The molecule has 0 aromatic carbocycles. The van der Waals surface area contributed by atoms with Crippen molar-refractivity contribution in [3.05, 3.63) is 24.3 Å². The average Bonchev–Trinajstić information content (AvgIpc) is 3.01. The first kappa shape index (κ1) is 51.8. The molecule has 13 heteroatoms. The molecule has 0 rings (SSSR count). The maximum atomic E-state index is 11.7. The Labute approximate surface area is 325 Å². The quantitative estimate of drug-likeness (QED) is 0.0402. The summed E-state index contributed by atoms with van der Waals surface area (Å²) in [6, 6.07) is -3.55. The number of nitrogens with zero attached hydrogens (tertiary/aromatic N) is 2. The third-order valence-electron chi connectivity index (χ3n) is 9.54. The molecule has 6 atom stereocenters. The largest absolute Gasteiger partial charge is 2.00 e. The molecule has 6 unspecified atom stereocenters. The summed E-state index contributed by atoms with van der Waals surface area (Å²) in [7, 11) is 0. The zero-order valence-corrected chi connectivity index (χ0v) is 33.4. The van der Waals surface area contributed by atoms with Crippen LogP contribution in [0, 0.1) is 0 Å². The maximum Gasteiger partial charge on any atom is 2.00 e. The number of rotatable bonds is 28. The number of allylic oxidation sites excluding steroid dienone is 4. The second-order valence-electron chi connectivity index (χ2n) is 12.4. The summed E-state index contributed by atoms with van der Waals surface area (Å²) in [6.45, 7) is 11.5. The first-order chi connectivity index (χ1) is 22.8. The standard InChI is InChI=1S/2C18H33NO5.Ca/c2*1-4-7-8-9-10-11-12-19(13-14-20,15(5-2)17(21)22)16(6-3)18(23)24;/h2*4,7,15-16,20H,5-6,8-14H2,1-3H3,(H-,21,22,23,24);/q;;+2/b2*7-4+;. The fourth-order valence-electron chi connectivity index (χ4n) is 7.30. The van der Waals surface area contributed by atoms with E-state index in [1.54, 1.807) is 27.7 Å². The van der Waals surface area contributed by atoms with Crippen LogP contribution in [0.2, 0.25) is 0 Å². The summed E-state index contributed by atoms with van der Waals surface area (Å²) >= 11 is 0. The van der Waals surface area contributed by atoms with Gasteiger partial charge in [0.1, 0.15) is 25.2 Å². The van der Waals surface area contributed by atoms with Gasteiger partial charge in [-0.05, 0) is 65.2 Å². The van der Waals surface area contributed by atoms with Gasteiger partial charge in [0.05, 0.1) is 38.2 Å². The first-order valence-corrected chi connectivity index (χ1v) is 17.9. The van der Waals surface area contributed by atoms with E-state index in [9.17, 15) is 49.8 Å². The Morgan fingerprint density at radius 1 is 0.551 bits per heavy atom. The molecule has 49 heavy (non-hydrogen) atoms. The number of carboxylic acids is 4. The average molecular weight is 727 g/mol. The van der Waals surface area contributed by atoms with Gasteiger partial charge in [-0.15, -0.1) is 0 Å². The molecule has 0 aromatic rings. The fraction of sp³-hybridized carbons (Fsp3) is 0.778. The summed E-state index contributed by atoms with van der Waals surface area (Å²) in [5.74, 6) is -4.50. The second-order valence-corrected chi connectivity index (χ2v) is 12.4. The molecule has 0 saturated heterocycles. The molecule has 12 nitrogen and oxygen atoms in total. The third kappa shape index (κ3) is 17.5. The summed E-state index contributed by atoms with van der Waals surface area (Å²) in [6.07, 6.45) is 16.5. The van der Waals surface area contributed by atoms with Gasteiger partial charge >= 0.3 is 49.7 Å². The summed E-state index contributed by atoms with van der Waals surface area (Å²) < 4.78 is -0.268. The van der Waals surface area contributed by atoms with Crippen LogP contribution in [0.5, 0.6) is 0 Å². The number of quaternary nitrogens is 2. The van der Waals surface area contributed by atoms with Crippen LogP contribution < -0.4 is 10.2 Å². The predicted molar refractivity (Wildman–Crippen MR) is 188 cm³/mol. The van der Waals surface area contributed by atoms with E-state index in [1.807, 2.05) is 26.0 Å². The number of aliphatic hydroxyl groups excluding tert-OH is 2. The molecule has 0 fully saturated rings. The van der Waals surface area contributed by atoms with E-state index in [1.165, 1.54) is 0 Å². The van der Waals surface area contributed by atoms with Gasteiger partial charge < -0.3 is 49.2 Å². The van der Waals surface area contributed by atoms with Crippen molar-refractivity contribution >= 4 is 61.6 Å². The molecule has 0 radical (unpaired) electrons. The van der Waals surface area contributed by atoms with Gasteiger partial charge in [0, 0.05) is 25.7 Å². The Kier molecular flexibility index (Phi) is 31.9. The van der Waals surface area contributed by atoms with Crippen molar-refractivity contribution in [3.8, 4) is 0 Å². The minimum Gasteiger partial charge on any atom is -0.544 e. The molecule has 0 heterocycles. The molecule has 0 saturated carbocycles. The van der Waals surface area contributed by atoms with Crippen LogP contribution in [0.25, 0.3) is 0 Å². The molecule has 0 aliphatic carbocycles. The molecule has 0 aliphatic rings. The van der Waals surface area contributed by atoms with Crippen LogP contribution in [0.15, 0.2) is 24.3 Å². The molecule has 0 amide bonds. The van der Waals surface area contributed by atoms with E-state index in [-0.39, 0.29) is 85.8 Å². The van der Waals surface area contributed by atoms with Crippen LogP contribution in [-0.4, -0.2) is 155 Å². The predicted octanol–water partition coefficient (Wildman–Crippen LogP) is 2.27. The number of aliphatic carboxylic acids is 4. The molecule has 0 spiro atoms. The van der Waals surface area contributed by atoms with Crippen molar-refractivity contribution in [1.82, 2.24) is 0 Å². The van der Waals surface area contributed by atoms with Crippen LogP contribution in [0.4, 0.5) is 0 Å². The Bertz CT molecular complexity index is 855. The van der Waals surface area contributed by atoms with Crippen molar-refractivity contribution in [2.24, 2.45) is 0 Å². The van der Waals surface area contributed by atoms with E-state index in [0.717, 1.165) is 51.4 Å². The van der Waals surface area contributed by atoms with Gasteiger partial charge in [0.2, 0.25) is 0 Å². The van der Waals surface area contributed by atoms with E-state index in [2.05, 4.69) is 12.2 Å². The van der Waals surface area contributed by atoms with Gasteiger partial charge in [-0.1, -0.05) is 52.0 Å². The smallest absolute Gasteiger partial charge is 0.544 e. The van der Waals surface area contributed by atoms with E-state index < -0.39 is 48.0 Å². The molecular formula is C36H66CaN2O10+2. The van der Waals surface area contributed by atoms with Crippen molar-refractivity contribution in [2.45, 2.75) is 143 Å². The summed E-state index contributed by atoms with van der Waals surface area (Å²) in [5, 5.41) is 61.5. The van der Waals surface area contributed by atoms with E-state index in [0.29, 0.717) is 25.9 Å². The number of hydrogen-bond acceptors (Lipinski definition) is 8. The number of hydrogen-bond donors (Lipinski definition) is 4. The van der Waals surface area contributed by atoms with Gasteiger partial charge in [-0.3, -0.25) is 0 Å². The Hall–Kier alpha value is -1.54. The first-order valence-electron chi connectivity index (χ1n) is 17.9. The zero-order valence-electron chi connectivity index (χ0n) is 31.2. The topological polar surface area (TPSA) is 195 Å². The molecule has 0 bridgehead atoms. The Morgan fingerprint density at radius 3 is 1.06 bits per heavy atom. The number of carboxylic acid groups (broad SMARTS) is 4. The number of carbonyl (C=O) groups excluding carboxylic acids is 2. The molecule has 4 N–H and O–H groups in total. The molecular weight excluding hydrogens is 660 g/mol. The molecule has 0 aliphatic heterocycles. The van der Waals surface area contributed by atoms with Gasteiger partial charge in [0.25, 0.3) is 0 Å². The van der Waals surface area contributed by atoms with Crippen LogP contribution in [-0.2, 0) is 19.2 Å². The second kappa shape index (κ2) is 30.1. The van der Waals surface area contributed by atoms with Gasteiger partial charge in [-0.2, -0.15) is 0 Å².